The molecule has 2 nitrogen and oxygen atoms in total. The molecule has 0 aromatic heterocycles. The van der Waals surface area contributed by atoms with Crippen molar-refractivity contribution >= 4 is 8.32 Å². The third-order valence-electron chi connectivity index (χ3n) is 3.63. The Morgan fingerprint density at radius 2 is 1.86 bits per heavy atom. The van der Waals surface area contributed by atoms with Gasteiger partial charge in [0.15, 0.2) is 8.32 Å². The monoisotopic (exact) mass is 215 g/mol. The highest BCUT2D eigenvalue weighted by Gasteiger charge is 2.42. The average Bonchev–Trinajstić information content (AvgIpc) is 2.80. The first-order valence-corrected chi connectivity index (χ1v) is 8.56. The number of rotatable bonds is 4. The van der Waals surface area contributed by atoms with Crippen LogP contribution in [0.1, 0.15) is 33.6 Å². The molecule has 0 bridgehead atoms. The topological polar surface area (TPSA) is 35.2 Å². The predicted octanol–water partition coefficient (Wildman–Crippen LogP) is 2.75. The molecule has 2 N–H and O–H groups in total. The first-order chi connectivity index (χ1) is 6.28. The Kier molecular flexibility index (Phi) is 3.44. The van der Waals surface area contributed by atoms with Crippen molar-refractivity contribution in [3.63, 3.8) is 0 Å². The third kappa shape index (κ3) is 2.81. The van der Waals surface area contributed by atoms with E-state index in [1.165, 1.54) is 12.8 Å². The summed E-state index contributed by atoms with van der Waals surface area (Å²) in [6.45, 7) is 12.1. The summed E-state index contributed by atoms with van der Waals surface area (Å²) in [6.07, 6.45) is 2.96. The average molecular weight is 215 g/mol. The lowest BCUT2D eigenvalue weighted by Gasteiger charge is -2.39. The molecular weight excluding hydrogens is 190 g/mol. The maximum Gasteiger partial charge on any atom is 0.192 e. The molecule has 1 aliphatic carbocycles. The molecule has 14 heavy (non-hydrogen) atoms. The van der Waals surface area contributed by atoms with Gasteiger partial charge in [-0.05, 0) is 36.9 Å². The second kappa shape index (κ2) is 3.95. The van der Waals surface area contributed by atoms with Crippen LogP contribution in [0.3, 0.4) is 0 Å². The molecule has 0 unspecified atom stereocenters. The van der Waals surface area contributed by atoms with Crippen LogP contribution in [-0.4, -0.2) is 21.0 Å². The molecular formula is C11H25NOSi. The molecule has 84 valence electrons. The maximum atomic E-state index is 6.29. The predicted molar refractivity (Wildman–Crippen MR) is 63.8 cm³/mol. The molecule has 1 atom stereocenters. The summed E-state index contributed by atoms with van der Waals surface area (Å²) in [5.74, 6) is 0.758. The molecule has 0 saturated heterocycles. The molecule has 3 heteroatoms. The second-order valence-electron chi connectivity index (χ2n) is 5.99. The van der Waals surface area contributed by atoms with Gasteiger partial charge in [0.25, 0.3) is 0 Å². The summed E-state index contributed by atoms with van der Waals surface area (Å²) in [6, 6.07) is 0. The van der Waals surface area contributed by atoms with E-state index >= 15 is 0 Å². The van der Waals surface area contributed by atoms with Gasteiger partial charge in [-0.3, -0.25) is 0 Å². The molecule has 0 radical (unpaired) electrons. The number of nitrogens with two attached hydrogens (primary N) is 1. The van der Waals surface area contributed by atoms with E-state index in [1.807, 2.05) is 0 Å². The van der Waals surface area contributed by atoms with Gasteiger partial charge in [0.1, 0.15) is 0 Å². The normalized spacial score (nSPS) is 21.0. The lowest BCUT2D eigenvalue weighted by molar-refractivity contribution is 0.166. The minimum absolute atomic E-state index is 0.301. The first kappa shape index (κ1) is 12.2. The van der Waals surface area contributed by atoms with Gasteiger partial charge in [0, 0.05) is 6.54 Å². The van der Waals surface area contributed by atoms with Gasteiger partial charge in [-0.25, -0.2) is 0 Å². The molecule has 1 saturated carbocycles. The van der Waals surface area contributed by atoms with Crippen molar-refractivity contribution in [2.45, 2.75) is 57.8 Å². The summed E-state index contributed by atoms with van der Waals surface area (Å²) in [4.78, 5) is 0. The summed E-state index contributed by atoms with van der Waals surface area (Å²) in [5.41, 5.74) is 5.76. The minimum atomic E-state index is -1.59. The summed E-state index contributed by atoms with van der Waals surface area (Å²) in [7, 11) is -1.59. The zero-order valence-electron chi connectivity index (χ0n) is 10.3. The highest BCUT2D eigenvalue weighted by Crippen LogP contribution is 2.41. The van der Waals surface area contributed by atoms with Crippen LogP contribution in [-0.2, 0) is 4.43 Å². The van der Waals surface area contributed by atoms with Gasteiger partial charge in [0.05, 0.1) is 6.10 Å². The van der Waals surface area contributed by atoms with E-state index in [0.717, 1.165) is 5.92 Å². The van der Waals surface area contributed by atoms with Crippen molar-refractivity contribution in [2.75, 3.05) is 6.54 Å². The Hall–Kier alpha value is 0.137. The van der Waals surface area contributed by atoms with Crippen LogP contribution >= 0.6 is 0 Å². The SMILES string of the molecule is CC(C)(C)[Si](C)(C)O[C@@H](CN)C1CC1. The molecule has 1 aliphatic rings. The Labute approximate surface area is 89.3 Å². The van der Waals surface area contributed by atoms with E-state index in [1.54, 1.807) is 0 Å². The van der Waals surface area contributed by atoms with Gasteiger partial charge in [-0.1, -0.05) is 20.8 Å². The maximum absolute atomic E-state index is 6.29. The zero-order valence-corrected chi connectivity index (χ0v) is 11.3. The van der Waals surface area contributed by atoms with E-state index in [-0.39, 0.29) is 0 Å². The fraction of sp³-hybridized carbons (Fsp3) is 1.00. The molecule has 0 spiro atoms. The quantitative estimate of drug-likeness (QED) is 0.732. The smallest absolute Gasteiger partial charge is 0.192 e. The molecule has 0 aliphatic heterocycles. The summed E-state index contributed by atoms with van der Waals surface area (Å²) < 4.78 is 6.29. The Morgan fingerprint density at radius 3 is 2.14 bits per heavy atom. The molecule has 0 aromatic rings. The van der Waals surface area contributed by atoms with Gasteiger partial charge in [0.2, 0.25) is 0 Å². The van der Waals surface area contributed by atoms with Gasteiger partial charge in [-0.2, -0.15) is 0 Å². The summed E-state index contributed by atoms with van der Waals surface area (Å²) >= 11 is 0. The highest BCUT2D eigenvalue weighted by atomic mass is 28.4. The fourth-order valence-electron chi connectivity index (χ4n) is 1.36. The Morgan fingerprint density at radius 1 is 1.36 bits per heavy atom. The van der Waals surface area contributed by atoms with E-state index < -0.39 is 8.32 Å². The zero-order chi connectivity index (χ0) is 11.0. The third-order valence-corrected chi connectivity index (χ3v) is 8.14. The van der Waals surface area contributed by atoms with Crippen LogP contribution in [0, 0.1) is 5.92 Å². The lowest BCUT2D eigenvalue weighted by Crippen LogP contribution is -2.46. The van der Waals surface area contributed by atoms with Gasteiger partial charge < -0.3 is 10.2 Å². The van der Waals surface area contributed by atoms with Crippen molar-refractivity contribution in [3.8, 4) is 0 Å². The van der Waals surface area contributed by atoms with Gasteiger partial charge in [-0.15, -0.1) is 0 Å². The number of hydrogen-bond acceptors (Lipinski definition) is 2. The van der Waals surface area contributed by atoms with Crippen LogP contribution < -0.4 is 5.73 Å². The molecule has 1 fully saturated rings. The molecule has 0 amide bonds. The van der Waals surface area contributed by atoms with E-state index in [9.17, 15) is 0 Å². The van der Waals surface area contributed by atoms with Crippen molar-refractivity contribution in [1.29, 1.82) is 0 Å². The van der Waals surface area contributed by atoms with E-state index in [0.29, 0.717) is 17.7 Å². The first-order valence-electron chi connectivity index (χ1n) is 5.66. The van der Waals surface area contributed by atoms with Crippen molar-refractivity contribution in [2.24, 2.45) is 11.7 Å². The molecule has 0 aromatic carbocycles. The van der Waals surface area contributed by atoms with E-state index in [4.69, 9.17) is 10.2 Å². The van der Waals surface area contributed by atoms with Crippen molar-refractivity contribution in [1.82, 2.24) is 0 Å². The van der Waals surface area contributed by atoms with Crippen molar-refractivity contribution in [3.05, 3.63) is 0 Å². The van der Waals surface area contributed by atoms with Gasteiger partial charge >= 0.3 is 0 Å². The van der Waals surface area contributed by atoms with E-state index in [2.05, 4.69) is 33.9 Å². The summed E-state index contributed by atoms with van der Waals surface area (Å²) in [5, 5.41) is 0.301. The van der Waals surface area contributed by atoms with Crippen LogP contribution in [0.15, 0.2) is 0 Å². The van der Waals surface area contributed by atoms with Crippen LogP contribution in [0.2, 0.25) is 18.1 Å². The van der Waals surface area contributed by atoms with Crippen LogP contribution in [0.4, 0.5) is 0 Å². The molecule has 1 rings (SSSR count). The Bertz CT molecular complexity index is 194. The van der Waals surface area contributed by atoms with Crippen LogP contribution in [0.25, 0.3) is 0 Å². The standard InChI is InChI=1S/C11H25NOSi/c1-11(2,3)14(4,5)13-10(8-12)9-6-7-9/h9-10H,6-8,12H2,1-5H3/t10-/m0/s1. The Balaban J connectivity index is 2.55. The van der Waals surface area contributed by atoms with Crippen molar-refractivity contribution < 1.29 is 4.43 Å². The molecule has 0 heterocycles. The second-order valence-corrected chi connectivity index (χ2v) is 10.7. The minimum Gasteiger partial charge on any atom is -0.412 e. The van der Waals surface area contributed by atoms with Crippen LogP contribution in [0.5, 0.6) is 0 Å². The largest absolute Gasteiger partial charge is 0.412 e. The number of hydrogen-bond donors (Lipinski definition) is 1. The lowest BCUT2D eigenvalue weighted by atomic mass is 10.2. The fourth-order valence-corrected chi connectivity index (χ4v) is 2.76. The highest BCUT2D eigenvalue weighted by molar-refractivity contribution is 6.74.